The number of aliphatic carboxylic acids is 1. The summed E-state index contributed by atoms with van der Waals surface area (Å²) in [5.74, 6) is -2.32. The van der Waals surface area contributed by atoms with Gasteiger partial charge in [0.1, 0.15) is 0 Å². The second-order valence-corrected chi connectivity index (χ2v) is 9.67. The number of carboxylic acid groups (broad SMARTS) is 1. The molecule has 0 aliphatic heterocycles. The van der Waals surface area contributed by atoms with Gasteiger partial charge in [0, 0.05) is 18.5 Å². The van der Waals surface area contributed by atoms with Gasteiger partial charge in [-0.1, -0.05) is 6.07 Å². The molecule has 6 nitrogen and oxygen atoms in total. The Balaban J connectivity index is 2.06. The van der Waals surface area contributed by atoms with Crippen LogP contribution in [0.25, 0.3) is 11.1 Å². The van der Waals surface area contributed by atoms with Gasteiger partial charge >= 0.3 is 12.1 Å². The number of carbonyl (C=O) groups is 1. The van der Waals surface area contributed by atoms with Crippen LogP contribution in [0.4, 0.5) is 13.2 Å². The van der Waals surface area contributed by atoms with Crippen LogP contribution in [0.5, 0.6) is 0 Å². The molecule has 2 aromatic rings. The molecular weight excluding hydrogens is 435 g/mol. The monoisotopic (exact) mass is 457 g/mol. The summed E-state index contributed by atoms with van der Waals surface area (Å²) in [4.78, 5) is 14.7. The van der Waals surface area contributed by atoms with Crippen molar-refractivity contribution in [2.24, 2.45) is 5.92 Å². The van der Waals surface area contributed by atoms with E-state index in [4.69, 9.17) is 4.74 Å². The molecule has 3 rings (SSSR count). The smallest absolute Gasteiger partial charge is 0.417 e. The Hall–Kier alpha value is -2.46. The van der Waals surface area contributed by atoms with E-state index >= 15 is 0 Å². The van der Waals surface area contributed by atoms with E-state index in [1.807, 2.05) is 0 Å². The lowest BCUT2D eigenvalue weighted by Crippen LogP contribution is -2.25. The SMILES string of the molecule is CCO[C@@H]1C[C@H](S(=O)(=O)c2ccc(-c3ccnc(C)c3)cc2C(F)(F)F)C[C@H]1C(=O)O. The average molecular weight is 457 g/mol. The van der Waals surface area contributed by atoms with Gasteiger partial charge in [-0.2, -0.15) is 13.2 Å². The summed E-state index contributed by atoms with van der Waals surface area (Å²) < 4.78 is 73.2. The molecular formula is C21H22F3NO5S. The molecule has 0 amide bonds. The van der Waals surface area contributed by atoms with Crippen LogP contribution in [-0.2, 0) is 25.5 Å². The molecule has 1 aliphatic rings. The fourth-order valence-corrected chi connectivity index (χ4v) is 5.95. The second kappa shape index (κ2) is 8.58. The largest absolute Gasteiger partial charge is 0.481 e. The summed E-state index contributed by atoms with van der Waals surface area (Å²) in [5, 5.41) is 8.10. The molecule has 31 heavy (non-hydrogen) atoms. The highest BCUT2D eigenvalue weighted by Gasteiger charge is 2.47. The number of pyridine rings is 1. The summed E-state index contributed by atoms with van der Waals surface area (Å²) in [6.07, 6.45) is -4.79. The maximum atomic E-state index is 13.8. The van der Waals surface area contributed by atoms with E-state index < -0.39 is 49.7 Å². The van der Waals surface area contributed by atoms with Crippen LogP contribution in [0.1, 0.15) is 31.0 Å². The van der Waals surface area contributed by atoms with Crippen molar-refractivity contribution < 1.29 is 36.2 Å². The third-order valence-electron chi connectivity index (χ3n) is 5.42. The fraction of sp³-hybridized carbons (Fsp3) is 0.429. The van der Waals surface area contributed by atoms with Gasteiger partial charge in [-0.3, -0.25) is 9.78 Å². The predicted molar refractivity (Wildman–Crippen MR) is 106 cm³/mol. The van der Waals surface area contributed by atoms with Crippen molar-refractivity contribution in [3.8, 4) is 11.1 Å². The second-order valence-electron chi connectivity index (χ2n) is 7.47. The van der Waals surface area contributed by atoms with Crippen molar-refractivity contribution in [3.63, 3.8) is 0 Å². The molecule has 1 heterocycles. The minimum absolute atomic E-state index is 0.171. The number of benzene rings is 1. The number of hydrogen-bond donors (Lipinski definition) is 1. The summed E-state index contributed by atoms with van der Waals surface area (Å²) in [6, 6.07) is 6.22. The van der Waals surface area contributed by atoms with Gasteiger partial charge in [-0.25, -0.2) is 8.42 Å². The number of nitrogens with zero attached hydrogens (tertiary/aromatic N) is 1. The van der Waals surface area contributed by atoms with Gasteiger partial charge in [-0.15, -0.1) is 0 Å². The summed E-state index contributed by atoms with van der Waals surface area (Å²) in [6.45, 7) is 3.51. The molecule has 1 aromatic heterocycles. The standard InChI is InChI=1S/C21H22F3NO5S/c1-3-30-18-11-15(10-16(18)20(26)27)31(28,29)19-5-4-13(9-17(19)21(22,23)24)14-6-7-25-12(2)8-14/h4-9,15-16,18H,3,10-11H2,1-2H3,(H,26,27)/t15-,16-,18-/m1/s1. The Morgan fingerprint density at radius 1 is 1.19 bits per heavy atom. The number of rotatable bonds is 6. The van der Waals surface area contributed by atoms with E-state index in [1.54, 1.807) is 19.9 Å². The lowest BCUT2D eigenvalue weighted by Gasteiger charge is -2.18. The highest BCUT2D eigenvalue weighted by molar-refractivity contribution is 7.92. The molecule has 0 saturated heterocycles. The molecule has 1 aromatic carbocycles. The van der Waals surface area contributed by atoms with Crippen molar-refractivity contribution in [3.05, 3.63) is 47.8 Å². The van der Waals surface area contributed by atoms with Gasteiger partial charge in [0.15, 0.2) is 9.84 Å². The Morgan fingerprint density at radius 3 is 2.45 bits per heavy atom. The Kier molecular flexibility index (Phi) is 6.43. The molecule has 1 saturated carbocycles. The number of sulfone groups is 1. The Morgan fingerprint density at radius 2 is 1.87 bits per heavy atom. The van der Waals surface area contributed by atoms with E-state index in [-0.39, 0.29) is 25.0 Å². The van der Waals surface area contributed by atoms with Crippen LogP contribution in [-0.4, -0.2) is 42.4 Å². The molecule has 10 heteroatoms. The highest BCUT2D eigenvalue weighted by Crippen LogP contribution is 2.42. The average Bonchev–Trinajstić information content (AvgIpc) is 3.12. The highest BCUT2D eigenvalue weighted by atomic mass is 32.2. The third-order valence-corrected chi connectivity index (χ3v) is 7.65. The lowest BCUT2D eigenvalue weighted by molar-refractivity contribution is -0.146. The minimum atomic E-state index is -4.91. The van der Waals surface area contributed by atoms with Crippen LogP contribution in [0.3, 0.4) is 0 Å². The number of alkyl halides is 3. The number of hydrogen-bond acceptors (Lipinski definition) is 5. The summed E-state index contributed by atoms with van der Waals surface area (Å²) in [5.41, 5.74) is 0.0190. The van der Waals surface area contributed by atoms with Crippen LogP contribution < -0.4 is 0 Å². The number of aryl methyl sites for hydroxylation is 1. The molecule has 168 valence electrons. The summed E-state index contributed by atoms with van der Waals surface area (Å²) in [7, 11) is -4.45. The third kappa shape index (κ3) is 4.74. The first-order chi connectivity index (χ1) is 14.4. The minimum Gasteiger partial charge on any atom is -0.481 e. The number of halogens is 3. The fourth-order valence-electron chi connectivity index (χ4n) is 3.95. The van der Waals surface area contributed by atoms with Crippen molar-refractivity contribution in [1.82, 2.24) is 4.98 Å². The Labute approximate surface area is 178 Å². The van der Waals surface area contributed by atoms with Crippen molar-refractivity contribution in [2.45, 2.75) is 49.1 Å². The molecule has 1 aliphatic carbocycles. The maximum absolute atomic E-state index is 13.8. The predicted octanol–water partition coefficient (Wildman–Crippen LogP) is 4.12. The van der Waals surface area contributed by atoms with Crippen LogP contribution in [0, 0.1) is 12.8 Å². The Bertz CT molecular complexity index is 1080. The van der Waals surface area contributed by atoms with E-state index in [9.17, 15) is 31.5 Å². The number of aromatic nitrogens is 1. The number of ether oxygens (including phenoxy) is 1. The van der Waals surface area contributed by atoms with Gasteiger partial charge in [0.05, 0.1) is 27.7 Å². The van der Waals surface area contributed by atoms with E-state index in [2.05, 4.69) is 4.98 Å². The van der Waals surface area contributed by atoms with Gasteiger partial charge in [-0.05, 0) is 62.1 Å². The van der Waals surface area contributed by atoms with Crippen LogP contribution in [0.2, 0.25) is 0 Å². The van der Waals surface area contributed by atoms with E-state index in [0.29, 0.717) is 11.3 Å². The molecule has 0 spiro atoms. The summed E-state index contributed by atoms with van der Waals surface area (Å²) >= 11 is 0. The van der Waals surface area contributed by atoms with E-state index in [0.717, 1.165) is 12.1 Å². The van der Waals surface area contributed by atoms with Gasteiger partial charge in [0.25, 0.3) is 0 Å². The van der Waals surface area contributed by atoms with Crippen LogP contribution in [0.15, 0.2) is 41.4 Å². The first-order valence-corrected chi connectivity index (χ1v) is 11.2. The normalized spacial score (nSPS) is 21.9. The maximum Gasteiger partial charge on any atom is 0.417 e. The van der Waals surface area contributed by atoms with Crippen molar-refractivity contribution in [1.29, 1.82) is 0 Å². The number of carboxylic acids is 1. The lowest BCUT2D eigenvalue weighted by atomic mass is 10.0. The quantitative estimate of drug-likeness (QED) is 0.702. The first-order valence-electron chi connectivity index (χ1n) is 9.67. The van der Waals surface area contributed by atoms with Crippen molar-refractivity contribution >= 4 is 15.8 Å². The molecule has 1 fully saturated rings. The molecule has 1 N–H and O–H groups in total. The first kappa shape index (κ1) is 23.2. The zero-order valence-corrected chi connectivity index (χ0v) is 17.7. The zero-order chi connectivity index (χ0) is 23.0. The molecule has 0 bridgehead atoms. The van der Waals surface area contributed by atoms with Gasteiger partial charge in [0.2, 0.25) is 0 Å². The van der Waals surface area contributed by atoms with E-state index in [1.165, 1.54) is 18.3 Å². The molecule has 0 radical (unpaired) electrons. The molecule has 0 unspecified atom stereocenters. The van der Waals surface area contributed by atoms with Crippen molar-refractivity contribution in [2.75, 3.05) is 6.61 Å². The van der Waals surface area contributed by atoms with Gasteiger partial charge < -0.3 is 9.84 Å². The van der Waals surface area contributed by atoms with Crippen LogP contribution >= 0.6 is 0 Å². The topological polar surface area (TPSA) is 93.6 Å². The molecule has 3 atom stereocenters. The zero-order valence-electron chi connectivity index (χ0n) is 16.9.